The number of aliphatic imine (C=N–C) groups is 1. The van der Waals surface area contributed by atoms with E-state index in [9.17, 15) is 0 Å². The van der Waals surface area contributed by atoms with Crippen molar-refractivity contribution in [2.45, 2.75) is 46.6 Å². The third-order valence-corrected chi connectivity index (χ3v) is 3.76. The number of guanidine groups is 1. The van der Waals surface area contributed by atoms with E-state index in [0.29, 0.717) is 12.0 Å². The Morgan fingerprint density at radius 3 is 2.41 bits per heavy atom. The third kappa shape index (κ3) is 6.83. The molecule has 0 aliphatic rings. The van der Waals surface area contributed by atoms with Gasteiger partial charge in [-0.2, -0.15) is 0 Å². The molecule has 0 bridgehead atoms. The quantitative estimate of drug-likeness (QED) is 0.440. The topological polar surface area (TPSA) is 45.7 Å². The fourth-order valence-electron chi connectivity index (χ4n) is 1.97. The van der Waals surface area contributed by atoms with E-state index in [-0.39, 0.29) is 0 Å². The highest BCUT2D eigenvalue weighted by molar-refractivity contribution is 5.80. The van der Waals surface area contributed by atoms with Crippen LogP contribution in [0, 0.1) is 5.92 Å². The van der Waals surface area contributed by atoms with Crippen LogP contribution in [-0.2, 0) is 6.42 Å². The highest BCUT2D eigenvalue weighted by Gasteiger charge is 2.08. The minimum Gasteiger partial charge on any atom is -0.497 e. The molecule has 0 saturated carbocycles. The van der Waals surface area contributed by atoms with Gasteiger partial charge in [0.1, 0.15) is 5.75 Å². The van der Waals surface area contributed by atoms with E-state index in [1.165, 1.54) is 5.56 Å². The first-order valence-electron chi connectivity index (χ1n) is 8.24. The first-order chi connectivity index (χ1) is 10.6. The molecule has 22 heavy (non-hydrogen) atoms. The van der Waals surface area contributed by atoms with Gasteiger partial charge in [-0.05, 0) is 50.3 Å². The Labute approximate surface area is 135 Å². The van der Waals surface area contributed by atoms with Crippen LogP contribution in [0.5, 0.6) is 5.75 Å². The Balaban J connectivity index is 2.42. The van der Waals surface area contributed by atoms with Crippen LogP contribution >= 0.6 is 0 Å². The Bertz CT molecular complexity index is 440. The molecule has 0 aromatic heterocycles. The van der Waals surface area contributed by atoms with Crippen molar-refractivity contribution in [3.05, 3.63) is 29.8 Å². The van der Waals surface area contributed by atoms with Crippen LogP contribution in [0.15, 0.2) is 29.3 Å². The smallest absolute Gasteiger partial charge is 0.191 e. The number of hydrogen-bond acceptors (Lipinski definition) is 2. The zero-order valence-corrected chi connectivity index (χ0v) is 14.6. The first-order valence-corrected chi connectivity index (χ1v) is 8.24. The van der Waals surface area contributed by atoms with E-state index in [1.54, 1.807) is 7.11 Å². The van der Waals surface area contributed by atoms with Crippen LogP contribution in [0.25, 0.3) is 0 Å². The predicted octanol–water partition coefficient (Wildman–Crippen LogP) is 3.23. The summed E-state index contributed by atoms with van der Waals surface area (Å²) < 4.78 is 5.17. The lowest BCUT2D eigenvalue weighted by atomic mass is 10.1. The van der Waals surface area contributed by atoms with Crippen molar-refractivity contribution in [2.24, 2.45) is 10.9 Å². The van der Waals surface area contributed by atoms with Gasteiger partial charge in [0.2, 0.25) is 0 Å². The molecule has 1 atom stereocenters. The second kappa shape index (κ2) is 10.1. The third-order valence-electron chi connectivity index (χ3n) is 3.76. The molecule has 0 heterocycles. The van der Waals surface area contributed by atoms with Crippen LogP contribution in [0.4, 0.5) is 0 Å². The van der Waals surface area contributed by atoms with Crippen molar-refractivity contribution in [2.75, 3.05) is 20.2 Å². The minimum absolute atomic E-state index is 0.416. The van der Waals surface area contributed by atoms with Gasteiger partial charge >= 0.3 is 0 Å². The molecule has 0 saturated heterocycles. The molecule has 0 aliphatic carbocycles. The lowest BCUT2D eigenvalue weighted by molar-refractivity contribution is 0.414. The second-order valence-electron chi connectivity index (χ2n) is 5.89. The number of aryl methyl sites for hydroxylation is 1. The van der Waals surface area contributed by atoms with E-state index in [0.717, 1.165) is 37.6 Å². The van der Waals surface area contributed by atoms with Crippen LogP contribution in [0.1, 0.15) is 39.7 Å². The molecular formula is C18H31N3O. The van der Waals surface area contributed by atoms with Crippen LogP contribution in [0.3, 0.4) is 0 Å². The molecule has 4 heteroatoms. The largest absolute Gasteiger partial charge is 0.497 e. The number of hydrogen-bond donors (Lipinski definition) is 2. The van der Waals surface area contributed by atoms with E-state index in [2.05, 4.69) is 55.5 Å². The molecule has 1 rings (SSSR count). The Kier molecular flexibility index (Phi) is 8.41. The fraction of sp³-hybridized carbons (Fsp3) is 0.611. The van der Waals surface area contributed by atoms with Crippen molar-refractivity contribution >= 4 is 5.96 Å². The predicted molar refractivity (Wildman–Crippen MR) is 94.7 cm³/mol. The van der Waals surface area contributed by atoms with E-state index < -0.39 is 0 Å². The van der Waals surface area contributed by atoms with Gasteiger partial charge in [0.25, 0.3) is 0 Å². The first kappa shape index (κ1) is 18.3. The molecule has 1 unspecified atom stereocenters. The monoisotopic (exact) mass is 305 g/mol. The standard InChI is InChI=1S/C18H31N3O/c1-6-19-18(21-15(4)14(2)3)20-13-7-8-16-9-11-17(22-5)12-10-16/h9-12,14-15H,6-8,13H2,1-5H3,(H2,19,20,21). The van der Waals surface area contributed by atoms with E-state index in [4.69, 9.17) is 4.74 Å². The Hall–Kier alpha value is -1.71. The van der Waals surface area contributed by atoms with Crippen molar-refractivity contribution in [3.63, 3.8) is 0 Å². The van der Waals surface area contributed by atoms with Gasteiger partial charge in [0.15, 0.2) is 5.96 Å². The summed E-state index contributed by atoms with van der Waals surface area (Å²) in [6.07, 6.45) is 2.07. The highest BCUT2D eigenvalue weighted by Crippen LogP contribution is 2.12. The maximum atomic E-state index is 5.17. The summed E-state index contributed by atoms with van der Waals surface area (Å²) in [6.45, 7) is 10.4. The Morgan fingerprint density at radius 1 is 1.18 bits per heavy atom. The maximum absolute atomic E-state index is 5.17. The number of rotatable bonds is 8. The molecule has 0 radical (unpaired) electrons. The zero-order valence-electron chi connectivity index (χ0n) is 14.6. The number of methoxy groups -OCH3 is 1. The van der Waals surface area contributed by atoms with E-state index in [1.807, 2.05) is 12.1 Å². The van der Waals surface area contributed by atoms with Crippen LogP contribution in [-0.4, -0.2) is 32.2 Å². The van der Waals surface area contributed by atoms with Gasteiger partial charge in [-0.15, -0.1) is 0 Å². The van der Waals surface area contributed by atoms with Gasteiger partial charge in [0, 0.05) is 19.1 Å². The Morgan fingerprint density at radius 2 is 1.86 bits per heavy atom. The van der Waals surface area contributed by atoms with Crippen LogP contribution in [0.2, 0.25) is 0 Å². The number of nitrogens with one attached hydrogen (secondary N) is 2. The summed E-state index contributed by atoms with van der Waals surface area (Å²) in [5.74, 6) is 2.41. The summed E-state index contributed by atoms with van der Waals surface area (Å²) in [4.78, 5) is 4.65. The van der Waals surface area contributed by atoms with Crippen molar-refractivity contribution in [1.82, 2.24) is 10.6 Å². The average Bonchev–Trinajstić information content (AvgIpc) is 2.52. The van der Waals surface area contributed by atoms with Gasteiger partial charge in [0.05, 0.1) is 7.11 Å². The number of nitrogens with zero attached hydrogens (tertiary/aromatic N) is 1. The molecule has 0 spiro atoms. The molecule has 0 amide bonds. The highest BCUT2D eigenvalue weighted by atomic mass is 16.5. The van der Waals surface area contributed by atoms with Crippen molar-refractivity contribution in [3.8, 4) is 5.75 Å². The average molecular weight is 305 g/mol. The van der Waals surface area contributed by atoms with E-state index >= 15 is 0 Å². The summed E-state index contributed by atoms with van der Waals surface area (Å²) in [6, 6.07) is 8.67. The molecule has 4 nitrogen and oxygen atoms in total. The second-order valence-corrected chi connectivity index (χ2v) is 5.89. The lowest BCUT2D eigenvalue weighted by Crippen LogP contribution is -2.44. The molecule has 1 aromatic carbocycles. The molecular weight excluding hydrogens is 274 g/mol. The molecule has 124 valence electrons. The number of benzene rings is 1. The maximum Gasteiger partial charge on any atom is 0.191 e. The van der Waals surface area contributed by atoms with Gasteiger partial charge < -0.3 is 15.4 Å². The van der Waals surface area contributed by atoms with Gasteiger partial charge in [-0.3, -0.25) is 4.99 Å². The normalized spacial score (nSPS) is 13.1. The minimum atomic E-state index is 0.416. The molecule has 2 N–H and O–H groups in total. The van der Waals surface area contributed by atoms with Gasteiger partial charge in [-0.25, -0.2) is 0 Å². The zero-order chi connectivity index (χ0) is 16.4. The van der Waals surface area contributed by atoms with Crippen LogP contribution < -0.4 is 15.4 Å². The summed E-state index contributed by atoms with van der Waals surface area (Å²) in [5.41, 5.74) is 1.32. The van der Waals surface area contributed by atoms with Crippen molar-refractivity contribution in [1.29, 1.82) is 0 Å². The fourth-order valence-corrected chi connectivity index (χ4v) is 1.97. The molecule has 0 aliphatic heterocycles. The van der Waals surface area contributed by atoms with Crippen molar-refractivity contribution < 1.29 is 4.74 Å². The summed E-state index contributed by atoms with van der Waals surface area (Å²) >= 11 is 0. The SMILES string of the molecule is CCNC(=NCCCc1ccc(OC)cc1)NC(C)C(C)C. The summed E-state index contributed by atoms with van der Waals surface area (Å²) in [7, 11) is 1.69. The molecule has 0 fully saturated rings. The molecule has 1 aromatic rings. The summed E-state index contributed by atoms with van der Waals surface area (Å²) in [5, 5.41) is 6.76. The lowest BCUT2D eigenvalue weighted by Gasteiger charge is -2.20. The van der Waals surface area contributed by atoms with Gasteiger partial charge in [-0.1, -0.05) is 26.0 Å². The number of ether oxygens (including phenoxy) is 1.